The van der Waals surface area contributed by atoms with Crippen molar-refractivity contribution in [2.75, 3.05) is 0 Å². The normalized spacial score (nSPS) is 10.7. The molecule has 4 nitrogen and oxygen atoms in total. The van der Waals surface area contributed by atoms with E-state index in [-0.39, 0.29) is 0 Å². The Hall–Kier alpha value is -7.53. The molecule has 9 rings (SSSR count). The lowest BCUT2D eigenvalue weighted by Crippen LogP contribution is -2.02. The van der Waals surface area contributed by atoms with Gasteiger partial charge in [-0.1, -0.05) is 147 Å². The lowest BCUT2D eigenvalue weighted by atomic mass is 9.90. The Bertz CT molecular complexity index is 2870. The smallest absolute Gasteiger partial charge is 0.101 e. The molecular formula is C51H36N4. The van der Waals surface area contributed by atoms with Crippen LogP contribution in [0.4, 0.5) is 0 Å². The maximum absolute atomic E-state index is 10.7. The number of rotatable bonds is 6. The first-order valence-electron chi connectivity index (χ1n) is 18.5. The Morgan fingerprint density at radius 1 is 0.418 bits per heavy atom. The van der Waals surface area contributed by atoms with Crippen LogP contribution in [0.2, 0.25) is 0 Å². The Balaban J connectivity index is 0.00000210. The standard InChI is InChI=1S/C49H30N4.C2H6/c50-30-39-27-38(44-21-10-9-19-42(44)36-17-11-16-35(26-36)33-12-3-1-4-13-33)28-40(31-51)49(39)53-47-23-22-37(29-45(47)46-32-52-25-24-48(46)53)43-20-8-7-18-41(43)34-14-5-2-6-15-34;1-2/h1-29,32H;1-2H3. The largest absolute Gasteiger partial charge is 0.307 e. The number of aromatic nitrogens is 2. The number of hydrogen-bond acceptors (Lipinski definition) is 3. The van der Waals surface area contributed by atoms with Crippen molar-refractivity contribution in [3.63, 3.8) is 0 Å². The molecule has 0 N–H and O–H groups in total. The van der Waals surface area contributed by atoms with Crippen LogP contribution in [-0.4, -0.2) is 9.55 Å². The number of nitrogens with zero attached hydrogens (tertiary/aromatic N) is 4. The molecule has 0 atom stereocenters. The van der Waals surface area contributed by atoms with Gasteiger partial charge in [0.25, 0.3) is 0 Å². The lowest BCUT2D eigenvalue weighted by Gasteiger charge is -2.16. The van der Waals surface area contributed by atoms with Crippen LogP contribution in [0.25, 0.3) is 83.1 Å². The summed E-state index contributed by atoms with van der Waals surface area (Å²) in [5.74, 6) is 0. The molecule has 260 valence electrons. The molecule has 0 amide bonds. The molecule has 0 aliphatic heterocycles. The van der Waals surface area contributed by atoms with Gasteiger partial charge in [0, 0.05) is 23.2 Å². The van der Waals surface area contributed by atoms with E-state index in [1.165, 1.54) is 0 Å². The number of pyridine rings is 1. The summed E-state index contributed by atoms with van der Waals surface area (Å²) in [5, 5.41) is 23.4. The van der Waals surface area contributed by atoms with Crippen molar-refractivity contribution in [2.45, 2.75) is 13.8 Å². The van der Waals surface area contributed by atoms with E-state index in [1.807, 2.05) is 74.6 Å². The number of benzene rings is 7. The molecule has 7 aromatic carbocycles. The Labute approximate surface area is 321 Å². The minimum Gasteiger partial charge on any atom is -0.307 e. The van der Waals surface area contributed by atoms with E-state index in [9.17, 15) is 10.5 Å². The van der Waals surface area contributed by atoms with Gasteiger partial charge in [-0.25, -0.2) is 0 Å². The van der Waals surface area contributed by atoms with E-state index in [0.717, 1.165) is 77.4 Å². The van der Waals surface area contributed by atoms with Crippen molar-refractivity contribution >= 4 is 21.8 Å². The average Bonchev–Trinajstić information content (AvgIpc) is 3.60. The van der Waals surface area contributed by atoms with Gasteiger partial charge in [-0.3, -0.25) is 4.98 Å². The molecule has 0 aliphatic rings. The van der Waals surface area contributed by atoms with Crippen molar-refractivity contribution in [3.8, 4) is 73.5 Å². The first-order valence-corrected chi connectivity index (χ1v) is 18.5. The molecule has 0 aliphatic carbocycles. The van der Waals surface area contributed by atoms with Crippen LogP contribution in [0.1, 0.15) is 25.0 Å². The molecule has 2 aromatic heterocycles. The van der Waals surface area contributed by atoms with Crippen LogP contribution in [0, 0.1) is 22.7 Å². The summed E-state index contributed by atoms with van der Waals surface area (Å²) in [5.41, 5.74) is 13.8. The highest BCUT2D eigenvalue weighted by Gasteiger charge is 2.21. The predicted molar refractivity (Wildman–Crippen MR) is 227 cm³/mol. The van der Waals surface area contributed by atoms with Gasteiger partial charge in [0.15, 0.2) is 0 Å². The van der Waals surface area contributed by atoms with Crippen LogP contribution in [-0.2, 0) is 0 Å². The fraction of sp³-hybridized carbons (Fsp3) is 0.0392. The molecule has 0 fully saturated rings. The van der Waals surface area contributed by atoms with Gasteiger partial charge >= 0.3 is 0 Å². The molecular weight excluding hydrogens is 669 g/mol. The third-order valence-corrected chi connectivity index (χ3v) is 9.98. The molecule has 9 aromatic rings. The van der Waals surface area contributed by atoms with Crippen molar-refractivity contribution in [1.82, 2.24) is 9.55 Å². The molecule has 0 unspecified atom stereocenters. The Morgan fingerprint density at radius 3 is 1.53 bits per heavy atom. The molecule has 0 bridgehead atoms. The van der Waals surface area contributed by atoms with Gasteiger partial charge in [-0.2, -0.15) is 10.5 Å². The highest BCUT2D eigenvalue weighted by molar-refractivity contribution is 6.11. The number of fused-ring (bicyclic) bond motifs is 3. The van der Waals surface area contributed by atoms with Gasteiger partial charge in [0.1, 0.15) is 12.1 Å². The number of hydrogen-bond donors (Lipinski definition) is 0. The quantitative estimate of drug-likeness (QED) is 0.173. The van der Waals surface area contributed by atoms with Crippen molar-refractivity contribution < 1.29 is 0 Å². The first kappa shape index (κ1) is 34.6. The summed E-state index contributed by atoms with van der Waals surface area (Å²) in [7, 11) is 0. The zero-order valence-electron chi connectivity index (χ0n) is 30.6. The van der Waals surface area contributed by atoms with E-state index in [2.05, 4.69) is 137 Å². The van der Waals surface area contributed by atoms with E-state index in [0.29, 0.717) is 16.8 Å². The summed E-state index contributed by atoms with van der Waals surface area (Å²) in [6, 6.07) is 63.0. The van der Waals surface area contributed by atoms with Crippen LogP contribution in [0.3, 0.4) is 0 Å². The minimum atomic E-state index is 0.418. The van der Waals surface area contributed by atoms with Crippen LogP contribution >= 0.6 is 0 Å². The second-order valence-corrected chi connectivity index (χ2v) is 13.0. The molecule has 0 radical (unpaired) electrons. The maximum atomic E-state index is 10.7. The molecule has 4 heteroatoms. The van der Waals surface area contributed by atoms with Gasteiger partial charge in [0.05, 0.1) is 27.8 Å². The van der Waals surface area contributed by atoms with Crippen molar-refractivity contribution in [3.05, 3.63) is 193 Å². The summed E-state index contributed by atoms with van der Waals surface area (Å²) in [6.07, 6.45) is 3.63. The Morgan fingerprint density at radius 2 is 0.909 bits per heavy atom. The van der Waals surface area contributed by atoms with E-state index >= 15 is 0 Å². The third-order valence-electron chi connectivity index (χ3n) is 9.98. The summed E-state index contributed by atoms with van der Waals surface area (Å²) in [4.78, 5) is 4.50. The molecule has 0 saturated carbocycles. The SMILES string of the molecule is CC.N#Cc1cc(-c2ccccc2-c2cccc(-c3ccccc3)c2)cc(C#N)c1-n1c2ccncc2c2cc(-c3ccccc3-c3ccccc3)ccc21. The average molecular weight is 705 g/mol. The first-order chi connectivity index (χ1) is 27.2. The van der Waals surface area contributed by atoms with Gasteiger partial charge in [0.2, 0.25) is 0 Å². The molecule has 0 saturated heterocycles. The van der Waals surface area contributed by atoms with Crippen molar-refractivity contribution in [1.29, 1.82) is 10.5 Å². The monoisotopic (exact) mass is 704 g/mol. The van der Waals surface area contributed by atoms with E-state index < -0.39 is 0 Å². The Kier molecular flexibility index (Phi) is 9.56. The van der Waals surface area contributed by atoms with E-state index in [4.69, 9.17) is 0 Å². The van der Waals surface area contributed by atoms with Gasteiger partial charge in [-0.05, 0) is 92.0 Å². The molecule has 0 spiro atoms. The van der Waals surface area contributed by atoms with Crippen molar-refractivity contribution in [2.24, 2.45) is 0 Å². The zero-order chi connectivity index (χ0) is 37.7. The molecule has 55 heavy (non-hydrogen) atoms. The fourth-order valence-corrected chi connectivity index (χ4v) is 7.56. The molecule has 2 heterocycles. The van der Waals surface area contributed by atoms with Crippen LogP contribution in [0.5, 0.6) is 0 Å². The zero-order valence-corrected chi connectivity index (χ0v) is 30.6. The fourth-order valence-electron chi connectivity index (χ4n) is 7.56. The minimum absolute atomic E-state index is 0.418. The topological polar surface area (TPSA) is 65.4 Å². The number of nitriles is 2. The maximum Gasteiger partial charge on any atom is 0.101 e. The second kappa shape index (κ2) is 15.2. The highest BCUT2D eigenvalue weighted by atomic mass is 15.0. The predicted octanol–water partition coefficient (Wildman–Crippen LogP) is 13.3. The lowest BCUT2D eigenvalue weighted by molar-refractivity contribution is 1.15. The van der Waals surface area contributed by atoms with Crippen LogP contribution in [0.15, 0.2) is 182 Å². The van der Waals surface area contributed by atoms with Gasteiger partial charge in [-0.15, -0.1) is 0 Å². The second-order valence-electron chi connectivity index (χ2n) is 13.0. The highest BCUT2D eigenvalue weighted by Crippen LogP contribution is 2.41. The van der Waals surface area contributed by atoms with Crippen LogP contribution < -0.4 is 0 Å². The summed E-state index contributed by atoms with van der Waals surface area (Å²) < 4.78 is 2.05. The van der Waals surface area contributed by atoms with E-state index in [1.54, 1.807) is 6.20 Å². The summed E-state index contributed by atoms with van der Waals surface area (Å²) in [6.45, 7) is 4.00. The third kappa shape index (κ3) is 6.33. The van der Waals surface area contributed by atoms with Gasteiger partial charge < -0.3 is 4.57 Å². The summed E-state index contributed by atoms with van der Waals surface area (Å²) >= 11 is 0.